The normalized spacial score (nSPS) is 14.6. The number of nitrogens with two attached hydrogens (primary N) is 1. The van der Waals surface area contributed by atoms with Crippen LogP contribution in [0.1, 0.15) is 34.5 Å². The topological polar surface area (TPSA) is 101 Å². The molecule has 2 aromatic heterocycles. The van der Waals surface area contributed by atoms with Gasteiger partial charge in [-0.1, -0.05) is 23.7 Å². The van der Waals surface area contributed by atoms with E-state index in [4.69, 9.17) is 21.8 Å². The molecule has 3 N–H and O–H groups in total. The fourth-order valence-corrected chi connectivity index (χ4v) is 5.47. The lowest BCUT2D eigenvalue weighted by Gasteiger charge is -2.31. The Balaban J connectivity index is 1.27. The zero-order valence-corrected chi connectivity index (χ0v) is 25.2. The number of rotatable bonds is 7. The Morgan fingerprint density at radius 1 is 0.978 bits per heavy atom. The molecule has 0 atom stereocenters. The number of hydrogen-bond donors (Lipinski definition) is 2. The van der Waals surface area contributed by atoms with Gasteiger partial charge in [0.1, 0.15) is 23.0 Å². The van der Waals surface area contributed by atoms with Gasteiger partial charge in [-0.2, -0.15) is 0 Å². The quantitative estimate of drug-likeness (QED) is 0.177. The van der Waals surface area contributed by atoms with Crippen LogP contribution in [0.25, 0.3) is 39.3 Å². The van der Waals surface area contributed by atoms with E-state index in [1.807, 2.05) is 6.07 Å². The summed E-state index contributed by atoms with van der Waals surface area (Å²) in [5, 5.41) is 3.70. The van der Waals surface area contributed by atoms with E-state index in [1.165, 1.54) is 17.0 Å². The lowest BCUT2D eigenvalue weighted by atomic mass is 9.95. The number of pyridine rings is 1. The second-order valence-electron chi connectivity index (χ2n) is 11.1. The van der Waals surface area contributed by atoms with E-state index >= 15 is 4.39 Å². The van der Waals surface area contributed by atoms with Gasteiger partial charge >= 0.3 is 0 Å². The molecular formula is C35H28ClF3N4O3. The number of nitrogen functional groups attached to an aromatic ring is 1. The fraction of sp³-hybridized carbons (Fsp3) is 0.171. The highest BCUT2D eigenvalue weighted by Gasteiger charge is 2.35. The SMILES string of the molecule is Nc1ccc(C=CC(=O)NCc2cc3cc(-c4ccc(C(=O)N5CCC(F)(F)CC5)cc4)cc(-c4ccc(Cl)cc4F)c3o2)cn1. The molecule has 1 fully saturated rings. The first-order valence-corrected chi connectivity index (χ1v) is 14.9. The van der Waals surface area contributed by atoms with Gasteiger partial charge in [-0.25, -0.2) is 18.2 Å². The minimum Gasteiger partial charge on any atom is -0.459 e. The molecule has 0 aliphatic carbocycles. The lowest BCUT2D eigenvalue weighted by molar-refractivity contribution is -0.116. The van der Waals surface area contributed by atoms with Crippen LogP contribution in [0.5, 0.6) is 0 Å². The van der Waals surface area contributed by atoms with Crippen LogP contribution in [0.3, 0.4) is 0 Å². The monoisotopic (exact) mass is 644 g/mol. The number of aromatic nitrogens is 1. The van der Waals surface area contributed by atoms with E-state index in [1.54, 1.807) is 72.9 Å². The maximum Gasteiger partial charge on any atom is 0.253 e. The van der Waals surface area contributed by atoms with Crippen LogP contribution in [0.2, 0.25) is 5.02 Å². The van der Waals surface area contributed by atoms with Gasteiger partial charge in [0.15, 0.2) is 0 Å². The van der Waals surface area contributed by atoms with Crippen molar-refractivity contribution in [2.24, 2.45) is 0 Å². The van der Waals surface area contributed by atoms with Gasteiger partial charge in [-0.3, -0.25) is 9.59 Å². The van der Waals surface area contributed by atoms with E-state index in [2.05, 4.69) is 10.3 Å². The Hall–Kier alpha value is -5.09. The van der Waals surface area contributed by atoms with Crippen molar-refractivity contribution in [3.05, 3.63) is 113 Å². The number of anilines is 1. The predicted molar refractivity (Wildman–Crippen MR) is 172 cm³/mol. The number of halogens is 4. The number of benzene rings is 3. The van der Waals surface area contributed by atoms with E-state index in [9.17, 15) is 18.4 Å². The van der Waals surface area contributed by atoms with Crippen LogP contribution in [0.15, 0.2) is 89.5 Å². The summed E-state index contributed by atoms with van der Waals surface area (Å²) in [5.74, 6) is -3.10. The Kier molecular flexibility index (Phi) is 8.55. The first kappa shape index (κ1) is 30.9. The fourth-order valence-electron chi connectivity index (χ4n) is 5.31. The summed E-state index contributed by atoms with van der Waals surface area (Å²) in [4.78, 5) is 30.9. The van der Waals surface area contributed by atoms with E-state index in [-0.39, 0.29) is 54.9 Å². The van der Waals surface area contributed by atoms with Crippen LogP contribution >= 0.6 is 11.6 Å². The molecule has 2 amide bonds. The number of alkyl halides is 2. The van der Waals surface area contributed by atoms with Crippen molar-refractivity contribution in [2.75, 3.05) is 18.8 Å². The van der Waals surface area contributed by atoms with Crippen LogP contribution in [-0.2, 0) is 11.3 Å². The van der Waals surface area contributed by atoms with Crippen molar-refractivity contribution in [2.45, 2.75) is 25.3 Å². The number of piperidine rings is 1. The Labute approximate surface area is 267 Å². The summed E-state index contributed by atoms with van der Waals surface area (Å²) in [6, 6.07) is 20.0. The number of hydrogen-bond acceptors (Lipinski definition) is 5. The van der Waals surface area contributed by atoms with Crippen LogP contribution < -0.4 is 11.1 Å². The number of furan rings is 1. The Morgan fingerprint density at radius 2 is 1.74 bits per heavy atom. The Bertz CT molecular complexity index is 1950. The molecule has 5 aromatic rings. The highest BCUT2D eigenvalue weighted by molar-refractivity contribution is 6.30. The van der Waals surface area contributed by atoms with Gasteiger partial charge < -0.3 is 20.4 Å². The molecule has 7 nitrogen and oxygen atoms in total. The minimum absolute atomic E-state index is 0.000105. The van der Waals surface area contributed by atoms with Crippen LogP contribution in [0, 0.1) is 5.82 Å². The number of likely N-dealkylation sites (tertiary alicyclic amines) is 1. The van der Waals surface area contributed by atoms with Gasteiger partial charge in [0.25, 0.3) is 11.8 Å². The summed E-state index contributed by atoms with van der Waals surface area (Å²) >= 11 is 6.02. The third-order valence-electron chi connectivity index (χ3n) is 7.81. The summed E-state index contributed by atoms with van der Waals surface area (Å²) in [6.45, 7) is 0.0781. The average Bonchev–Trinajstić information content (AvgIpc) is 3.46. The number of amides is 2. The van der Waals surface area contributed by atoms with Gasteiger partial charge in [0, 0.05) is 65.3 Å². The summed E-state index contributed by atoms with van der Waals surface area (Å²) in [6.07, 6.45) is 3.83. The highest BCUT2D eigenvalue weighted by atomic mass is 35.5. The van der Waals surface area contributed by atoms with E-state index in [0.29, 0.717) is 39.2 Å². The largest absolute Gasteiger partial charge is 0.459 e. The van der Waals surface area contributed by atoms with Crippen molar-refractivity contribution >= 4 is 46.3 Å². The van der Waals surface area contributed by atoms with E-state index in [0.717, 1.165) is 11.1 Å². The van der Waals surface area contributed by atoms with E-state index < -0.39 is 11.7 Å². The average molecular weight is 645 g/mol. The number of fused-ring (bicyclic) bond motifs is 1. The Morgan fingerprint density at radius 3 is 2.43 bits per heavy atom. The van der Waals surface area contributed by atoms with Crippen molar-refractivity contribution in [1.82, 2.24) is 15.2 Å². The molecule has 0 spiro atoms. The zero-order valence-electron chi connectivity index (χ0n) is 24.4. The molecular weight excluding hydrogens is 617 g/mol. The number of carbonyl (C=O) groups excluding carboxylic acids is 2. The van der Waals surface area contributed by atoms with Crippen molar-refractivity contribution in [1.29, 1.82) is 0 Å². The van der Waals surface area contributed by atoms with Gasteiger partial charge in [0.05, 0.1) is 6.54 Å². The molecule has 6 rings (SSSR count). The molecule has 0 bridgehead atoms. The molecule has 0 unspecified atom stereocenters. The second-order valence-corrected chi connectivity index (χ2v) is 11.5. The summed E-state index contributed by atoms with van der Waals surface area (Å²) in [5.41, 5.74) is 9.35. The first-order valence-electron chi connectivity index (χ1n) is 14.5. The molecule has 3 aromatic carbocycles. The van der Waals surface area contributed by atoms with Crippen molar-refractivity contribution in [3.8, 4) is 22.3 Å². The zero-order chi connectivity index (χ0) is 32.4. The number of nitrogens with one attached hydrogen (secondary N) is 1. The summed E-state index contributed by atoms with van der Waals surface area (Å²) < 4.78 is 48.5. The van der Waals surface area contributed by atoms with Gasteiger partial charge in [-0.15, -0.1) is 0 Å². The van der Waals surface area contributed by atoms with Crippen LogP contribution in [-0.4, -0.2) is 40.7 Å². The molecule has 0 saturated carbocycles. The minimum atomic E-state index is -2.74. The van der Waals surface area contributed by atoms with Gasteiger partial charge in [0.2, 0.25) is 5.91 Å². The van der Waals surface area contributed by atoms with Crippen molar-refractivity contribution in [3.63, 3.8) is 0 Å². The molecule has 3 heterocycles. The standard InChI is InChI=1S/C35H28ClF3N4O3/c36-26-7-8-28(30(37)18-26)29-17-24(22-3-5-23(6-4-22)34(45)43-13-11-35(38,39)12-14-43)15-25-16-27(46-33(25)29)20-42-32(44)10-2-21-1-9-31(40)41-19-21/h1-10,15-19H,11-14,20H2,(H2,40,41)(H,42,44). The maximum atomic E-state index is 15.2. The lowest BCUT2D eigenvalue weighted by Crippen LogP contribution is -2.42. The first-order chi connectivity index (χ1) is 22.0. The molecule has 0 radical (unpaired) electrons. The smallest absolute Gasteiger partial charge is 0.253 e. The third kappa shape index (κ3) is 6.92. The molecule has 1 aliphatic rings. The maximum absolute atomic E-state index is 15.2. The molecule has 1 saturated heterocycles. The van der Waals surface area contributed by atoms with Gasteiger partial charge in [-0.05, 0) is 83.4 Å². The number of nitrogens with zero attached hydrogens (tertiary/aromatic N) is 2. The summed E-state index contributed by atoms with van der Waals surface area (Å²) in [7, 11) is 0. The molecule has 234 valence electrons. The highest BCUT2D eigenvalue weighted by Crippen LogP contribution is 2.38. The number of carbonyl (C=O) groups is 2. The van der Waals surface area contributed by atoms with Crippen molar-refractivity contribution < 1.29 is 27.2 Å². The molecule has 11 heteroatoms. The predicted octanol–water partition coefficient (Wildman–Crippen LogP) is 7.74. The molecule has 46 heavy (non-hydrogen) atoms. The van der Waals surface area contributed by atoms with Crippen LogP contribution in [0.4, 0.5) is 19.0 Å². The third-order valence-corrected chi connectivity index (χ3v) is 8.04. The molecule has 1 aliphatic heterocycles. The second kappa shape index (κ2) is 12.7.